The van der Waals surface area contributed by atoms with Crippen LogP contribution in [0.4, 0.5) is 0 Å². The molecule has 0 aliphatic carbocycles. The molecule has 4 saturated heterocycles. The van der Waals surface area contributed by atoms with E-state index in [4.69, 9.17) is 5.73 Å². The summed E-state index contributed by atoms with van der Waals surface area (Å²) < 4.78 is 0. The number of hydrogen-bond acceptors (Lipinski definition) is 5. The summed E-state index contributed by atoms with van der Waals surface area (Å²) >= 11 is 0. The van der Waals surface area contributed by atoms with Crippen LogP contribution >= 0.6 is 0 Å². The molecule has 4 rings (SSSR count). The predicted octanol–water partition coefficient (Wildman–Crippen LogP) is -0.838. The summed E-state index contributed by atoms with van der Waals surface area (Å²) in [6.07, 6.45) is 2.63. The number of nitrogens with one attached hydrogen (secondary N) is 1. The van der Waals surface area contributed by atoms with Crippen LogP contribution in [-0.2, 0) is 0 Å². The number of hydrogen-bond donors (Lipinski definition) is 2. The van der Waals surface area contributed by atoms with Gasteiger partial charge in [0.15, 0.2) is 0 Å². The molecule has 0 aromatic carbocycles. The lowest BCUT2D eigenvalue weighted by molar-refractivity contribution is -0.0463. The van der Waals surface area contributed by atoms with Crippen molar-refractivity contribution in [1.29, 1.82) is 0 Å². The molecule has 5 heteroatoms. The predicted molar refractivity (Wildman–Crippen MR) is 73.2 cm³/mol. The van der Waals surface area contributed by atoms with Gasteiger partial charge in [-0.15, -0.1) is 0 Å². The van der Waals surface area contributed by atoms with Gasteiger partial charge in [0.2, 0.25) is 0 Å². The number of likely N-dealkylation sites (N-methyl/N-ethyl adjacent to an activating group) is 1. The Kier molecular flexibility index (Phi) is 3.60. The molecule has 0 radical (unpaired) electrons. The van der Waals surface area contributed by atoms with E-state index in [-0.39, 0.29) is 5.54 Å². The minimum absolute atomic E-state index is 0.145. The van der Waals surface area contributed by atoms with Gasteiger partial charge in [-0.25, -0.2) is 10.4 Å². The molecule has 1 unspecified atom stereocenters. The summed E-state index contributed by atoms with van der Waals surface area (Å²) in [5, 5.41) is 2.41. The molecule has 1 atom stereocenters. The fourth-order valence-corrected chi connectivity index (χ4v) is 3.81. The van der Waals surface area contributed by atoms with Crippen LogP contribution in [0.5, 0.6) is 0 Å². The Balaban J connectivity index is 1.65. The Morgan fingerprint density at radius 2 is 1.78 bits per heavy atom. The van der Waals surface area contributed by atoms with Crippen molar-refractivity contribution in [2.75, 3.05) is 59.4 Å². The second-order valence-electron chi connectivity index (χ2n) is 6.31. The normalized spacial score (nSPS) is 42.3. The average molecular weight is 253 g/mol. The minimum Gasteiger partial charge on any atom is -0.329 e. The lowest BCUT2D eigenvalue weighted by Gasteiger charge is -2.55. The maximum atomic E-state index is 6.14. The van der Waals surface area contributed by atoms with Gasteiger partial charge >= 0.3 is 0 Å². The van der Waals surface area contributed by atoms with Crippen LogP contribution in [0.1, 0.15) is 12.8 Å². The van der Waals surface area contributed by atoms with Crippen LogP contribution < -0.4 is 11.2 Å². The zero-order valence-electron chi connectivity index (χ0n) is 11.6. The Morgan fingerprint density at radius 1 is 1.11 bits per heavy atom. The van der Waals surface area contributed by atoms with E-state index in [1.165, 1.54) is 25.9 Å². The zero-order chi connectivity index (χ0) is 12.6. The Hall–Kier alpha value is -0.200. The highest BCUT2D eigenvalue weighted by molar-refractivity contribution is 5.04. The first-order valence-electron chi connectivity index (χ1n) is 7.35. The van der Waals surface area contributed by atoms with Gasteiger partial charge in [-0.1, -0.05) is 0 Å². The first-order chi connectivity index (χ1) is 8.72. The molecule has 4 aliphatic rings. The van der Waals surface area contributed by atoms with E-state index in [1.54, 1.807) is 0 Å². The van der Waals surface area contributed by atoms with Gasteiger partial charge in [0.25, 0.3) is 0 Å². The van der Waals surface area contributed by atoms with Crippen molar-refractivity contribution in [1.82, 2.24) is 20.2 Å². The van der Waals surface area contributed by atoms with Crippen LogP contribution in [0.2, 0.25) is 0 Å². The quantitative estimate of drug-likeness (QED) is 0.687. The first kappa shape index (κ1) is 12.8. The fourth-order valence-electron chi connectivity index (χ4n) is 3.81. The van der Waals surface area contributed by atoms with Crippen molar-refractivity contribution in [3.8, 4) is 0 Å². The lowest BCUT2D eigenvalue weighted by Crippen LogP contribution is -2.73. The smallest absolute Gasteiger partial charge is 0.0603 e. The monoisotopic (exact) mass is 253 g/mol. The summed E-state index contributed by atoms with van der Waals surface area (Å²) in [6.45, 7) is 8.99. The van der Waals surface area contributed by atoms with Crippen LogP contribution in [0.15, 0.2) is 0 Å². The third kappa shape index (κ3) is 2.30. The van der Waals surface area contributed by atoms with Gasteiger partial charge < -0.3 is 15.5 Å². The van der Waals surface area contributed by atoms with E-state index in [0.717, 1.165) is 45.2 Å². The fraction of sp³-hybridized carbons (Fsp3) is 1.00. The van der Waals surface area contributed by atoms with Crippen molar-refractivity contribution < 1.29 is 0 Å². The Bertz CT molecular complexity index is 281. The number of fused-ring (bicyclic) bond motifs is 3. The number of piperazine rings is 1. The standard InChI is InChI=1S/C13H27N5/c1-16-6-8-18(9-7-16)15-13(10-14)11-17-4-2-12(13)3-5-17/h12,15H,2-11,14H2,1H3. The molecule has 3 N–H and O–H groups in total. The van der Waals surface area contributed by atoms with E-state index < -0.39 is 0 Å². The number of nitrogens with zero attached hydrogens (tertiary/aromatic N) is 3. The molecule has 104 valence electrons. The third-order valence-electron chi connectivity index (χ3n) is 5.12. The van der Waals surface area contributed by atoms with Gasteiger partial charge in [0, 0.05) is 39.3 Å². The molecule has 4 heterocycles. The van der Waals surface area contributed by atoms with E-state index in [1.807, 2.05) is 0 Å². The molecular weight excluding hydrogens is 226 g/mol. The topological polar surface area (TPSA) is 47.8 Å². The molecule has 0 amide bonds. The van der Waals surface area contributed by atoms with E-state index in [2.05, 4.69) is 27.3 Å². The van der Waals surface area contributed by atoms with Gasteiger partial charge in [-0.2, -0.15) is 0 Å². The molecule has 0 saturated carbocycles. The highest BCUT2D eigenvalue weighted by atomic mass is 15.6. The van der Waals surface area contributed by atoms with E-state index >= 15 is 0 Å². The van der Waals surface area contributed by atoms with Crippen LogP contribution in [0, 0.1) is 5.92 Å². The summed E-state index contributed by atoms with van der Waals surface area (Å²) in [7, 11) is 2.20. The third-order valence-corrected chi connectivity index (χ3v) is 5.12. The molecule has 18 heavy (non-hydrogen) atoms. The second-order valence-corrected chi connectivity index (χ2v) is 6.31. The van der Waals surface area contributed by atoms with Gasteiger partial charge in [0.1, 0.15) is 0 Å². The highest BCUT2D eigenvalue weighted by Crippen LogP contribution is 2.35. The summed E-state index contributed by atoms with van der Waals surface area (Å²) in [5.74, 6) is 0.771. The van der Waals surface area contributed by atoms with Gasteiger partial charge in [-0.3, -0.25) is 0 Å². The molecule has 5 nitrogen and oxygen atoms in total. The lowest BCUT2D eigenvalue weighted by atomic mass is 9.73. The van der Waals surface area contributed by atoms with Crippen molar-refractivity contribution in [3.63, 3.8) is 0 Å². The number of nitrogens with two attached hydrogens (primary N) is 1. The summed E-state index contributed by atoms with van der Waals surface area (Å²) in [6, 6.07) is 0. The zero-order valence-corrected chi connectivity index (χ0v) is 11.6. The summed E-state index contributed by atoms with van der Waals surface area (Å²) in [4.78, 5) is 4.97. The Morgan fingerprint density at radius 3 is 2.28 bits per heavy atom. The minimum atomic E-state index is 0.145. The van der Waals surface area contributed by atoms with Gasteiger partial charge in [0.05, 0.1) is 5.54 Å². The van der Waals surface area contributed by atoms with Crippen molar-refractivity contribution >= 4 is 0 Å². The van der Waals surface area contributed by atoms with E-state index in [0.29, 0.717) is 0 Å². The molecule has 4 fully saturated rings. The van der Waals surface area contributed by atoms with Crippen molar-refractivity contribution in [2.45, 2.75) is 18.4 Å². The maximum absolute atomic E-state index is 6.14. The molecule has 2 bridgehead atoms. The molecule has 0 aromatic heterocycles. The van der Waals surface area contributed by atoms with Crippen LogP contribution in [0.25, 0.3) is 0 Å². The van der Waals surface area contributed by atoms with Gasteiger partial charge in [-0.05, 0) is 38.9 Å². The number of rotatable bonds is 3. The van der Waals surface area contributed by atoms with E-state index in [9.17, 15) is 0 Å². The highest BCUT2D eigenvalue weighted by Gasteiger charge is 2.46. The van der Waals surface area contributed by atoms with Crippen molar-refractivity contribution in [3.05, 3.63) is 0 Å². The molecule has 0 aromatic rings. The van der Waals surface area contributed by atoms with Crippen molar-refractivity contribution in [2.24, 2.45) is 11.7 Å². The average Bonchev–Trinajstić information content (AvgIpc) is 2.43. The second kappa shape index (κ2) is 5.06. The number of piperidine rings is 3. The van der Waals surface area contributed by atoms with Crippen LogP contribution in [-0.4, -0.2) is 79.8 Å². The molecule has 4 aliphatic heterocycles. The molecular formula is C13H27N5. The summed E-state index contributed by atoms with van der Waals surface area (Å²) in [5.41, 5.74) is 10.1. The largest absolute Gasteiger partial charge is 0.329 e. The SMILES string of the molecule is CN1CCN(NC2(CN)CN3CCC2CC3)CC1. The number of hydrazine groups is 1. The maximum Gasteiger partial charge on any atom is 0.0603 e. The molecule has 0 spiro atoms. The van der Waals surface area contributed by atoms with Crippen LogP contribution in [0.3, 0.4) is 0 Å². The first-order valence-corrected chi connectivity index (χ1v) is 7.35. The Labute approximate surface area is 110 Å².